The largest absolute Gasteiger partial charge is 0.467 e. The van der Waals surface area contributed by atoms with Crippen LogP contribution in [0.3, 0.4) is 0 Å². The van der Waals surface area contributed by atoms with Crippen molar-refractivity contribution in [1.29, 1.82) is 0 Å². The minimum absolute atomic E-state index is 0. The summed E-state index contributed by atoms with van der Waals surface area (Å²) in [5, 5.41) is 2.52. The summed E-state index contributed by atoms with van der Waals surface area (Å²) in [6.45, 7) is 0.381. The summed E-state index contributed by atoms with van der Waals surface area (Å²) >= 11 is 0. The lowest BCUT2D eigenvalue weighted by Gasteiger charge is -2.14. The third kappa shape index (κ3) is 7.93. The summed E-state index contributed by atoms with van der Waals surface area (Å²) in [4.78, 5) is 15.4. The van der Waals surface area contributed by atoms with Crippen LogP contribution in [-0.2, 0) is 0 Å². The van der Waals surface area contributed by atoms with Gasteiger partial charge in [-0.2, -0.15) is 13.2 Å². The van der Waals surface area contributed by atoms with E-state index in [9.17, 15) is 18.0 Å². The maximum absolute atomic E-state index is 12.1. The molecule has 1 aromatic rings. The van der Waals surface area contributed by atoms with Crippen LogP contribution in [0, 0.1) is 0 Å². The Bertz CT molecular complexity index is 447. The van der Waals surface area contributed by atoms with Gasteiger partial charge in [-0.25, -0.2) is 4.98 Å². The zero-order valence-corrected chi connectivity index (χ0v) is 12.6. The van der Waals surface area contributed by atoms with Crippen molar-refractivity contribution in [2.45, 2.75) is 19.1 Å². The molecule has 1 atom stereocenters. The molecule has 0 spiro atoms. The Morgan fingerprint density at radius 3 is 2.62 bits per heavy atom. The molecule has 0 radical (unpaired) electrons. The zero-order chi connectivity index (χ0) is 14.5. The van der Waals surface area contributed by atoms with Gasteiger partial charge in [0, 0.05) is 18.8 Å². The number of amides is 1. The lowest BCUT2D eigenvalue weighted by atomic mass is 10.2. The summed E-state index contributed by atoms with van der Waals surface area (Å²) in [6, 6.07) is 2.46. The van der Waals surface area contributed by atoms with Crippen LogP contribution in [0.4, 0.5) is 13.2 Å². The van der Waals surface area contributed by atoms with E-state index in [-0.39, 0.29) is 48.8 Å². The first-order chi connectivity index (χ1) is 8.83. The molecular weight excluding hydrogens is 334 g/mol. The van der Waals surface area contributed by atoms with Crippen LogP contribution in [-0.4, -0.2) is 36.3 Å². The van der Waals surface area contributed by atoms with Gasteiger partial charge in [0.1, 0.15) is 5.56 Å². The number of rotatable bonds is 5. The molecule has 0 saturated carbocycles. The molecule has 1 amide bonds. The first-order valence-electron chi connectivity index (χ1n) is 5.49. The van der Waals surface area contributed by atoms with Crippen molar-refractivity contribution in [2.75, 3.05) is 13.2 Å². The molecule has 5 nitrogen and oxygen atoms in total. The SMILES string of the molecule is C[C@@H](CN)NC(=O)c1cccnc1OCC(F)(F)F.Cl.Cl. The van der Waals surface area contributed by atoms with E-state index in [2.05, 4.69) is 15.0 Å². The van der Waals surface area contributed by atoms with E-state index < -0.39 is 18.7 Å². The van der Waals surface area contributed by atoms with Gasteiger partial charge in [-0.1, -0.05) is 0 Å². The van der Waals surface area contributed by atoms with Gasteiger partial charge in [0.05, 0.1) is 0 Å². The highest BCUT2D eigenvalue weighted by Gasteiger charge is 2.29. The number of ether oxygens (including phenoxy) is 1. The Morgan fingerprint density at radius 2 is 2.10 bits per heavy atom. The van der Waals surface area contributed by atoms with E-state index in [0.717, 1.165) is 0 Å². The molecule has 0 aliphatic heterocycles. The fourth-order valence-corrected chi connectivity index (χ4v) is 1.19. The van der Waals surface area contributed by atoms with Gasteiger partial charge >= 0.3 is 6.18 Å². The maximum atomic E-state index is 12.1. The van der Waals surface area contributed by atoms with Gasteiger partial charge < -0.3 is 15.8 Å². The highest BCUT2D eigenvalue weighted by Crippen LogP contribution is 2.19. The smallest absolute Gasteiger partial charge is 0.422 e. The third-order valence-corrected chi connectivity index (χ3v) is 2.12. The highest BCUT2D eigenvalue weighted by atomic mass is 35.5. The second-order valence-corrected chi connectivity index (χ2v) is 3.87. The van der Waals surface area contributed by atoms with Crippen molar-refractivity contribution < 1.29 is 22.7 Å². The normalized spacial score (nSPS) is 11.7. The van der Waals surface area contributed by atoms with Gasteiger partial charge in [-0.05, 0) is 19.1 Å². The van der Waals surface area contributed by atoms with Crippen molar-refractivity contribution in [1.82, 2.24) is 10.3 Å². The van der Waals surface area contributed by atoms with E-state index in [1.54, 1.807) is 6.92 Å². The van der Waals surface area contributed by atoms with E-state index in [1.807, 2.05) is 0 Å². The van der Waals surface area contributed by atoms with E-state index in [0.29, 0.717) is 0 Å². The molecule has 3 N–H and O–H groups in total. The van der Waals surface area contributed by atoms with Crippen molar-refractivity contribution in [2.24, 2.45) is 5.73 Å². The van der Waals surface area contributed by atoms with E-state index >= 15 is 0 Å². The summed E-state index contributed by atoms with van der Waals surface area (Å²) in [6.07, 6.45) is -3.25. The third-order valence-electron chi connectivity index (χ3n) is 2.12. The van der Waals surface area contributed by atoms with Gasteiger partial charge in [0.2, 0.25) is 5.88 Å². The molecule has 0 fully saturated rings. The molecule has 0 unspecified atom stereocenters. The van der Waals surface area contributed by atoms with Crippen LogP contribution in [0.25, 0.3) is 0 Å². The van der Waals surface area contributed by atoms with Crippen molar-refractivity contribution >= 4 is 30.7 Å². The summed E-state index contributed by atoms with van der Waals surface area (Å²) in [5.41, 5.74) is 5.28. The highest BCUT2D eigenvalue weighted by molar-refractivity contribution is 5.96. The predicted octanol–water partition coefficient (Wildman–Crippen LogP) is 1.94. The Hall–Kier alpha value is -1.25. The number of hydrogen-bond donors (Lipinski definition) is 2. The molecule has 1 aromatic heterocycles. The Kier molecular flexibility index (Phi) is 10.1. The lowest BCUT2D eigenvalue weighted by Crippen LogP contribution is -2.38. The van der Waals surface area contributed by atoms with Crippen LogP contribution < -0.4 is 15.8 Å². The predicted molar refractivity (Wildman–Crippen MR) is 76.3 cm³/mol. The number of halogens is 5. The number of nitrogens with two attached hydrogens (primary N) is 1. The van der Waals surface area contributed by atoms with E-state index in [1.165, 1.54) is 18.3 Å². The molecular formula is C11H16Cl2F3N3O2. The number of hydrogen-bond acceptors (Lipinski definition) is 4. The average molecular weight is 350 g/mol. The van der Waals surface area contributed by atoms with Crippen LogP contribution in [0.1, 0.15) is 17.3 Å². The molecule has 0 bridgehead atoms. The van der Waals surface area contributed by atoms with Gasteiger partial charge in [0.25, 0.3) is 5.91 Å². The average Bonchev–Trinajstić information content (AvgIpc) is 2.35. The second-order valence-electron chi connectivity index (χ2n) is 3.87. The molecule has 1 rings (SSSR count). The van der Waals surface area contributed by atoms with Crippen molar-refractivity contribution in [3.8, 4) is 5.88 Å². The summed E-state index contributed by atoms with van der Waals surface area (Å²) in [7, 11) is 0. The molecule has 0 aromatic carbocycles. The molecule has 0 aliphatic carbocycles. The molecule has 0 saturated heterocycles. The number of alkyl halides is 3. The fourth-order valence-electron chi connectivity index (χ4n) is 1.19. The number of carbonyl (C=O) groups excluding carboxylic acids is 1. The Labute approximate surface area is 132 Å². The first-order valence-corrected chi connectivity index (χ1v) is 5.49. The Morgan fingerprint density at radius 1 is 1.48 bits per heavy atom. The van der Waals surface area contributed by atoms with Gasteiger partial charge in [0.15, 0.2) is 6.61 Å². The van der Waals surface area contributed by atoms with Crippen LogP contribution in [0.15, 0.2) is 18.3 Å². The van der Waals surface area contributed by atoms with Crippen LogP contribution >= 0.6 is 24.8 Å². The van der Waals surface area contributed by atoms with Crippen LogP contribution in [0.5, 0.6) is 5.88 Å². The molecule has 21 heavy (non-hydrogen) atoms. The molecule has 10 heteroatoms. The molecule has 0 aliphatic rings. The molecule has 122 valence electrons. The minimum Gasteiger partial charge on any atom is -0.467 e. The monoisotopic (exact) mass is 349 g/mol. The van der Waals surface area contributed by atoms with Gasteiger partial charge in [-0.15, -0.1) is 24.8 Å². The number of nitrogens with one attached hydrogen (secondary N) is 1. The van der Waals surface area contributed by atoms with Crippen LogP contribution in [0.2, 0.25) is 0 Å². The van der Waals surface area contributed by atoms with E-state index in [4.69, 9.17) is 5.73 Å². The fraction of sp³-hybridized carbons (Fsp3) is 0.455. The number of carbonyl (C=O) groups is 1. The number of nitrogens with zero attached hydrogens (tertiary/aromatic N) is 1. The second kappa shape index (κ2) is 9.64. The summed E-state index contributed by atoms with van der Waals surface area (Å²) in [5.74, 6) is -0.940. The standard InChI is InChI=1S/C11H14F3N3O2.2ClH/c1-7(5-15)17-9(18)8-3-2-4-16-10(8)19-6-11(12,13)14;;/h2-4,7H,5-6,15H2,1H3,(H,17,18);2*1H/t7-;;/m0../s1. The van der Waals surface area contributed by atoms with Crippen molar-refractivity contribution in [3.05, 3.63) is 23.9 Å². The molecule has 1 heterocycles. The number of aromatic nitrogens is 1. The Balaban J connectivity index is 0. The van der Waals surface area contributed by atoms with Gasteiger partial charge in [-0.3, -0.25) is 4.79 Å². The lowest BCUT2D eigenvalue weighted by molar-refractivity contribution is -0.154. The topological polar surface area (TPSA) is 77.2 Å². The number of pyridine rings is 1. The maximum Gasteiger partial charge on any atom is 0.422 e. The minimum atomic E-state index is -4.49. The zero-order valence-electron chi connectivity index (χ0n) is 11.0. The first kappa shape index (κ1) is 22.0. The van der Waals surface area contributed by atoms with Crippen molar-refractivity contribution in [3.63, 3.8) is 0 Å². The summed E-state index contributed by atoms with van der Waals surface area (Å²) < 4.78 is 40.7. The quantitative estimate of drug-likeness (QED) is 0.851.